The Morgan fingerprint density at radius 1 is 0.966 bits per heavy atom. The van der Waals surface area contributed by atoms with Crippen LogP contribution in [-0.4, -0.2) is 21.7 Å². The summed E-state index contributed by atoms with van der Waals surface area (Å²) in [5, 5.41) is 5.44. The highest BCUT2D eigenvalue weighted by atomic mass is 32.1. The van der Waals surface area contributed by atoms with Crippen molar-refractivity contribution in [2.75, 3.05) is 0 Å². The molecular formula is C23H23N3O2S. The zero-order valence-electron chi connectivity index (χ0n) is 16.1. The van der Waals surface area contributed by atoms with Gasteiger partial charge < -0.3 is 10.2 Å². The number of aromatic nitrogens is 1. The molecule has 0 bridgehead atoms. The second kappa shape index (κ2) is 9.01. The van der Waals surface area contributed by atoms with Gasteiger partial charge in [-0.05, 0) is 24.0 Å². The zero-order valence-corrected chi connectivity index (χ0v) is 16.9. The topological polar surface area (TPSA) is 62.3 Å². The maximum Gasteiger partial charge on any atom is 0.271 e. The van der Waals surface area contributed by atoms with Crippen LogP contribution in [0.5, 0.6) is 0 Å². The normalized spacial score (nSPS) is 13.1. The van der Waals surface area contributed by atoms with Gasteiger partial charge in [-0.15, -0.1) is 11.3 Å². The van der Waals surface area contributed by atoms with Gasteiger partial charge in [-0.1, -0.05) is 60.7 Å². The summed E-state index contributed by atoms with van der Waals surface area (Å²) in [5.41, 5.74) is 2.54. The molecule has 1 saturated carbocycles. The molecule has 5 nitrogen and oxygen atoms in total. The van der Waals surface area contributed by atoms with Crippen molar-refractivity contribution in [3.05, 3.63) is 87.9 Å². The van der Waals surface area contributed by atoms with Crippen molar-refractivity contribution >= 4 is 23.2 Å². The fourth-order valence-electron chi connectivity index (χ4n) is 3.12. The maximum absolute atomic E-state index is 12.7. The molecule has 0 radical (unpaired) electrons. The predicted octanol–water partition coefficient (Wildman–Crippen LogP) is 4.01. The lowest BCUT2D eigenvalue weighted by Crippen LogP contribution is -2.31. The van der Waals surface area contributed by atoms with Crippen LogP contribution in [0.3, 0.4) is 0 Å². The maximum atomic E-state index is 12.7. The molecule has 29 heavy (non-hydrogen) atoms. The Hall–Kier alpha value is -2.99. The third-order valence-corrected chi connectivity index (χ3v) is 5.69. The van der Waals surface area contributed by atoms with E-state index >= 15 is 0 Å². The van der Waals surface area contributed by atoms with E-state index in [1.165, 1.54) is 11.3 Å². The molecule has 0 aliphatic heterocycles. The van der Waals surface area contributed by atoms with Crippen LogP contribution in [0, 0.1) is 5.92 Å². The van der Waals surface area contributed by atoms with Crippen LogP contribution in [0.25, 0.3) is 0 Å². The lowest BCUT2D eigenvalue weighted by molar-refractivity contribution is -0.133. The lowest BCUT2D eigenvalue weighted by Gasteiger charge is -2.21. The van der Waals surface area contributed by atoms with Gasteiger partial charge in [-0.2, -0.15) is 0 Å². The Bertz CT molecular complexity index is 968. The number of carbonyl (C=O) groups excluding carboxylic acids is 2. The minimum atomic E-state index is -0.195. The van der Waals surface area contributed by atoms with Crippen molar-refractivity contribution in [1.82, 2.24) is 15.2 Å². The lowest BCUT2D eigenvalue weighted by atomic mass is 10.2. The van der Waals surface area contributed by atoms with Crippen LogP contribution in [0.4, 0.5) is 0 Å². The fourth-order valence-corrected chi connectivity index (χ4v) is 3.91. The first-order chi connectivity index (χ1) is 14.2. The number of hydrogen-bond acceptors (Lipinski definition) is 4. The molecule has 1 aliphatic carbocycles. The van der Waals surface area contributed by atoms with Crippen LogP contribution in [0.2, 0.25) is 0 Å². The standard InChI is InChI=1S/C23H23N3O2S/c27-22(24-13-17-7-3-1-4-8-17)20-16-29-21(25-20)15-26(23(28)19-11-12-19)14-18-9-5-2-6-10-18/h1-10,16,19H,11-15H2,(H,24,27). The van der Waals surface area contributed by atoms with E-state index < -0.39 is 0 Å². The van der Waals surface area contributed by atoms with E-state index in [1.807, 2.05) is 65.6 Å². The Morgan fingerprint density at radius 3 is 2.28 bits per heavy atom. The summed E-state index contributed by atoms with van der Waals surface area (Å²) < 4.78 is 0. The van der Waals surface area contributed by atoms with Gasteiger partial charge in [0.2, 0.25) is 5.91 Å². The molecule has 1 aliphatic rings. The van der Waals surface area contributed by atoms with Gasteiger partial charge in [0.1, 0.15) is 10.7 Å². The smallest absolute Gasteiger partial charge is 0.271 e. The number of rotatable bonds is 8. The van der Waals surface area contributed by atoms with Gasteiger partial charge in [0.05, 0.1) is 6.54 Å². The fraction of sp³-hybridized carbons (Fsp3) is 0.261. The molecule has 1 fully saturated rings. The van der Waals surface area contributed by atoms with E-state index in [-0.39, 0.29) is 17.7 Å². The van der Waals surface area contributed by atoms with Crippen LogP contribution < -0.4 is 5.32 Å². The van der Waals surface area contributed by atoms with Gasteiger partial charge in [0, 0.05) is 24.4 Å². The minimum absolute atomic E-state index is 0.146. The molecule has 0 saturated heterocycles. The van der Waals surface area contributed by atoms with Crippen molar-refractivity contribution in [3.63, 3.8) is 0 Å². The molecule has 6 heteroatoms. The Morgan fingerprint density at radius 2 is 1.62 bits per heavy atom. The SMILES string of the molecule is O=C(NCc1ccccc1)c1csc(CN(Cc2ccccc2)C(=O)C2CC2)n1. The number of amides is 2. The minimum Gasteiger partial charge on any atom is -0.347 e. The molecule has 1 heterocycles. The highest BCUT2D eigenvalue weighted by Gasteiger charge is 2.33. The number of nitrogens with zero attached hydrogens (tertiary/aromatic N) is 2. The molecular weight excluding hydrogens is 382 g/mol. The summed E-state index contributed by atoms with van der Waals surface area (Å²) in [6, 6.07) is 19.8. The number of hydrogen-bond donors (Lipinski definition) is 1. The first kappa shape index (κ1) is 19.3. The molecule has 2 aromatic carbocycles. The molecule has 0 unspecified atom stereocenters. The van der Waals surface area contributed by atoms with Gasteiger partial charge in [0.15, 0.2) is 0 Å². The van der Waals surface area contributed by atoms with E-state index in [4.69, 9.17) is 0 Å². The van der Waals surface area contributed by atoms with Gasteiger partial charge in [-0.3, -0.25) is 9.59 Å². The van der Waals surface area contributed by atoms with Crippen molar-refractivity contribution in [1.29, 1.82) is 0 Å². The summed E-state index contributed by atoms with van der Waals surface area (Å²) in [4.78, 5) is 31.5. The third-order valence-electron chi connectivity index (χ3n) is 4.86. The Balaban J connectivity index is 1.40. The summed E-state index contributed by atoms with van der Waals surface area (Å²) in [6.45, 7) is 1.46. The van der Waals surface area contributed by atoms with E-state index in [0.717, 1.165) is 29.0 Å². The number of benzene rings is 2. The Labute approximate surface area is 174 Å². The van der Waals surface area contributed by atoms with Gasteiger partial charge in [0.25, 0.3) is 5.91 Å². The van der Waals surface area contributed by atoms with Crippen LogP contribution >= 0.6 is 11.3 Å². The molecule has 0 atom stereocenters. The number of nitrogens with one attached hydrogen (secondary N) is 1. The first-order valence-corrected chi connectivity index (χ1v) is 10.7. The molecule has 1 aromatic heterocycles. The summed E-state index contributed by atoms with van der Waals surface area (Å²) in [6.07, 6.45) is 1.93. The number of carbonyl (C=O) groups is 2. The predicted molar refractivity (Wildman–Crippen MR) is 113 cm³/mol. The van der Waals surface area contributed by atoms with Crippen LogP contribution in [-0.2, 0) is 24.4 Å². The van der Waals surface area contributed by atoms with Crippen molar-refractivity contribution in [2.45, 2.75) is 32.5 Å². The van der Waals surface area contributed by atoms with E-state index in [0.29, 0.717) is 25.3 Å². The molecule has 2 amide bonds. The highest BCUT2D eigenvalue weighted by Crippen LogP contribution is 2.32. The van der Waals surface area contributed by atoms with Crippen molar-refractivity contribution < 1.29 is 9.59 Å². The van der Waals surface area contributed by atoms with Crippen LogP contribution in [0.15, 0.2) is 66.0 Å². The average Bonchev–Trinajstić information content (AvgIpc) is 3.51. The number of thiazole rings is 1. The van der Waals surface area contributed by atoms with Crippen LogP contribution in [0.1, 0.15) is 39.5 Å². The molecule has 1 N–H and O–H groups in total. The summed E-state index contributed by atoms with van der Waals surface area (Å²) in [7, 11) is 0. The third kappa shape index (κ3) is 5.29. The largest absolute Gasteiger partial charge is 0.347 e. The highest BCUT2D eigenvalue weighted by molar-refractivity contribution is 7.09. The summed E-state index contributed by atoms with van der Waals surface area (Å²) in [5.74, 6) is 0.130. The monoisotopic (exact) mass is 405 g/mol. The second-order valence-corrected chi connectivity index (χ2v) is 8.19. The average molecular weight is 406 g/mol. The van der Waals surface area contributed by atoms with Gasteiger partial charge in [-0.25, -0.2) is 4.98 Å². The first-order valence-electron chi connectivity index (χ1n) is 9.78. The van der Waals surface area contributed by atoms with E-state index in [2.05, 4.69) is 10.3 Å². The molecule has 3 aromatic rings. The zero-order chi connectivity index (χ0) is 20.1. The molecule has 4 rings (SSSR count). The quantitative estimate of drug-likeness (QED) is 0.616. The van der Waals surface area contributed by atoms with Crippen molar-refractivity contribution in [2.24, 2.45) is 5.92 Å². The van der Waals surface area contributed by atoms with E-state index in [9.17, 15) is 9.59 Å². The van der Waals surface area contributed by atoms with E-state index in [1.54, 1.807) is 5.38 Å². The van der Waals surface area contributed by atoms with Crippen molar-refractivity contribution in [3.8, 4) is 0 Å². The Kier molecular flexibility index (Phi) is 6.00. The van der Waals surface area contributed by atoms with Gasteiger partial charge >= 0.3 is 0 Å². The molecule has 0 spiro atoms. The summed E-state index contributed by atoms with van der Waals surface area (Å²) >= 11 is 1.42. The second-order valence-electron chi connectivity index (χ2n) is 7.25. The molecule has 148 valence electrons.